The molecule has 0 atom stereocenters. The molecule has 3 heteroatoms. The van der Waals surface area contributed by atoms with Crippen molar-refractivity contribution < 1.29 is 9.59 Å². The molecule has 1 heterocycles. The van der Waals surface area contributed by atoms with Crippen molar-refractivity contribution in [3.8, 4) is 0 Å². The van der Waals surface area contributed by atoms with Crippen LogP contribution >= 0.6 is 0 Å². The van der Waals surface area contributed by atoms with E-state index < -0.39 is 0 Å². The zero-order valence-corrected chi connectivity index (χ0v) is 5.14. The largest absolute Gasteiger partial charge is 0.303 e. The van der Waals surface area contributed by atoms with Crippen molar-refractivity contribution >= 4 is 11.6 Å². The molecule has 0 unspecified atom stereocenters. The van der Waals surface area contributed by atoms with Gasteiger partial charge < -0.3 is 5.32 Å². The van der Waals surface area contributed by atoms with Crippen molar-refractivity contribution in [2.24, 2.45) is 0 Å². The van der Waals surface area contributed by atoms with Crippen LogP contribution < -0.4 is 5.32 Å². The second-order valence-electron chi connectivity index (χ2n) is 2.18. The highest BCUT2D eigenvalue weighted by atomic mass is 16.1. The summed E-state index contributed by atoms with van der Waals surface area (Å²) in [6.45, 7) is 0.734. The lowest BCUT2D eigenvalue weighted by Gasteiger charge is -1.91. The number of rotatable bonds is 0. The van der Waals surface area contributed by atoms with E-state index in [0.29, 0.717) is 25.9 Å². The van der Waals surface area contributed by atoms with E-state index in [1.54, 1.807) is 0 Å². The standard InChI is InChI=1S/C6H9NO2/c8-5-1-2-6(9)4-7-3-5/h7H,1-4H2. The number of ketones is 2. The van der Waals surface area contributed by atoms with Gasteiger partial charge in [-0.2, -0.15) is 0 Å². The SMILES string of the molecule is O=C1CCC(=O)CNC1. The van der Waals surface area contributed by atoms with Gasteiger partial charge in [-0.15, -0.1) is 0 Å². The molecule has 0 saturated carbocycles. The molecule has 0 aromatic rings. The maximum Gasteiger partial charge on any atom is 0.147 e. The van der Waals surface area contributed by atoms with Crippen molar-refractivity contribution in [3.63, 3.8) is 0 Å². The molecule has 1 fully saturated rings. The second kappa shape index (κ2) is 2.73. The van der Waals surface area contributed by atoms with E-state index in [2.05, 4.69) is 5.32 Å². The summed E-state index contributed by atoms with van der Waals surface area (Å²) in [6.07, 6.45) is 0.845. The van der Waals surface area contributed by atoms with Gasteiger partial charge in [0.15, 0.2) is 0 Å². The summed E-state index contributed by atoms with van der Waals surface area (Å²) in [5.41, 5.74) is 0. The molecule has 1 rings (SSSR count). The Morgan fingerprint density at radius 1 is 1.00 bits per heavy atom. The maximum absolute atomic E-state index is 10.6. The minimum Gasteiger partial charge on any atom is -0.303 e. The first-order chi connectivity index (χ1) is 4.29. The van der Waals surface area contributed by atoms with Gasteiger partial charge in [-0.25, -0.2) is 0 Å². The Hall–Kier alpha value is -0.700. The van der Waals surface area contributed by atoms with Crippen LogP contribution in [-0.2, 0) is 9.59 Å². The highest BCUT2D eigenvalue weighted by Gasteiger charge is 2.11. The fourth-order valence-electron chi connectivity index (χ4n) is 0.797. The molecule has 1 aliphatic heterocycles. The van der Waals surface area contributed by atoms with E-state index in [0.717, 1.165) is 0 Å². The van der Waals surface area contributed by atoms with Crippen molar-refractivity contribution in [3.05, 3.63) is 0 Å². The topological polar surface area (TPSA) is 46.2 Å². The zero-order valence-electron chi connectivity index (χ0n) is 5.14. The van der Waals surface area contributed by atoms with Crippen LogP contribution in [0.15, 0.2) is 0 Å². The van der Waals surface area contributed by atoms with Gasteiger partial charge in [-0.3, -0.25) is 9.59 Å². The van der Waals surface area contributed by atoms with Gasteiger partial charge in [0, 0.05) is 12.8 Å². The van der Waals surface area contributed by atoms with Crippen LogP contribution in [0.1, 0.15) is 12.8 Å². The molecular formula is C6H9NO2. The summed E-state index contributed by atoms with van der Waals surface area (Å²) < 4.78 is 0. The van der Waals surface area contributed by atoms with Crippen molar-refractivity contribution in [2.75, 3.05) is 13.1 Å². The number of hydrogen-bond acceptors (Lipinski definition) is 3. The van der Waals surface area contributed by atoms with Gasteiger partial charge in [0.1, 0.15) is 11.6 Å². The molecule has 0 aromatic carbocycles. The Balaban J connectivity index is 2.43. The minimum atomic E-state index is 0.140. The van der Waals surface area contributed by atoms with Crippen LogP contribution in [-0.4, -0.2) is 24.7 Å². The van der Waals surface area contributed by atoms with Gasteiger partial charge in [0.2, 0.25) is 0 Å². The quantitative estimate of drug-likeness (QED) is 0.477. The summed E-state index contributed by atoms with van der Waals surface area (Å²) in [6, 6.07) is 0. The Kier molecular flexibility index (Phi) is 1.95. The summed E-state index contributed by atoms with van der Waals surface area (Å²) in [5.74, 6) is 0.279. The molecule has 50 valence electrons. The molecule has 9 heavy (non-hydrogen) atoms. The first-order valence-corrected chi connectivity index (χ1v) is 3.03. The lowest BCUT2D eigenvalue weighted by atomic mass is 10.2. The Labute approximate surface area is 53.4 Å². The third-order valence-electron chi connectivity index (χ3n) is 1.33. The molecule has 1 aliphatic rings. The maximum atomic E-state index is 10.6. The van der Waals surface area contributed by atoms with Crippen molar-refractivity contribution in [2.45, 2.75) is 12.8 Å². The summed E-state index contributed by atoms with van der Waals surface area (Å²) in [4.78, 5) is 21.2. The highest BCUT2D eigenvalue weighted by molar-refractivity contribution is 5.90. The molecule has 0 bridgehead atoms. The normalized spacial score (nSPS) is 21.8. The van der Waals surface area contributed by atoms with E-state index >= 15 is 0 Å². The highest BCUT2D eigenvalue weighted by Crippen LogP contribution is 1.94. The lowest BCUT2D eigenvalue weighted by molar-refractivity contribution is -0.121. The van der Waals surface area contributed by atoms with Crippen LogP contribution in [0.5, 0.6) is 0 Å². The number of nitrogens with one attached hydrogen (secondary N) is 1. The summed E-state index contributed by atoms with van der Waals surface area (Å²) in [7, 11) is 0. The third kappa shape index (κ3) is 1.93. The van der Waals surface area contributed by atoms with Gasteiger partial charge in [-0.1, -0.05) is 0 Å². The van der Waals surface area contributed by atoms with Crippen LogP contribution in [0.2, 0.25) is 0 Å². The molecule has 1 saturated heterocycles. The van der Waals surface area contributed by atoms with Crippen LogP contribution in [0, 0.1) is 0 Å². The van der Waals surface area contributed by atoms with Crippen LogP contribution in [0.25, 0.3) is 0 Å². The van der Waals surface area contributed by atoms with Crippen molar-refractivity contribution in [1.82, 2.24) is 5.32 Å². The molecule has 1 N–H and O–H groups in total. The molecule has 0 spiro atoms. The minimum absolute atomic E-state index is 0.140. The number of hydrogen-bond donors (Lipinski definition) is 1. The fraction of sp³-hybridized carbons (Fsp3) is 0.667. The number of carbonyl (C=O) groups is 2. The average Bonchev–Trinajstić information content (AvgIpc) is 1.97. The van der Waals surface area contributed by atoms with Crippen molar-refractivity contribution in [1.29, 1.82) is 0 Å². The molecular weight excluding hydrogens is 118 g/mol. The zero-order chi connectivity index (χ0) is 6.69. The second-order valence-corrected chi connectivity index (χ2v) is 2.18. The number of carbonyl (C=O) groups excluding carboxylic acids is 2. The third-order valence-corrected chi connectivity index (χ3v) is 1.33. The smallest absolute Gasteiger partial charge is 0.147 e. The monoisotopic (exact) mass is 127 g/mol. The number of Topliss-reactive ketones (excluding diaryl/α,β-unsaturated/α-hetero) is 2. The van der Waals surface area contributed by atoms with Gasteiger partial charge in [0.25, 0.3) is 0 Å². The Bertz CT molecular complexity index is 126. The van der Waals surface area contributed by atoms with E-state index in [-0.39, 0.29) is 11.6 Å². The van der Waals surface area contributed by atoms with Crippen LogP contribution in [0.3, 0.4) is 0 Å². The van der Waals surface area contributed by atoms with Crippen LogP contribution in [0.4, 0.5) is 0 Å². The Morgan fingerprint density at radius 2 is 1.44 bits per heavy atom. The van der Waals surface area contributed by atoms with Gasteiger partial charge in [-0.05, 0) is 0 Å². The lowest BCUT2D eigenvalue weighted by Crippen LogP contribution is -2.23. The van der Waals surface area contributed by atoms with Gasteiger partial charge in [0.05, 0.1) is 13.1 Å². The van der Waals surface area contributed by atoms with E-state index in [1.165, 1.54) is 0 Å². The Morgan fingerprint density at radius 3 is 1.89 bits per heavy atom. The molecule has 3 nitrogen and oxygen atoms in total. The molecule has 0 aromatic heterocycles. The van der Waals surface area contributed by atoms with E-state index in [1.807, 2.05) is 0 Å². The summed E-state index contributed by atoms with van der Waals surface area (Å²) in [5, 5.41) is 2.75. The van der Waals surface area contributed by atoms with Gasteiger partial charge >= 0.3 is 0 Å². The molecule has 0 aliphatic carbocycles. The van der Waals surface area contributed by atoms with E-state index in [9.17, 15) is 9.59 Å². The predicted octanol–water partition coefficient (Wildman–Crippen LogP) is -0.492. The molecule has 0 amide bonds. The van der Waals surface area contributed by atoms with E-state index in [4.69, 9.17) is 0 Å². The summed E-state index contributed by atoms with van der Waals surface area (Å²) >= 11 is 0. The first kappa shape index (κ1) is 6.42. The predicted molar refractivity (Wildman–Crippen MR) is 32.1 cm³/mol. The molecule has 0 radical (unpaired) electrons. The first-order valence-electron chi connectivity index (χ1n) is 3.03. The average molecular weight is 127 g/mol. The fourth-order valence-corrected chi connectivity index (χ4v) is 0.797.